The number of hydrogen-bond donors (Lipinski definition) is 1. The van der Waals surface area contributed by atoms with Gasteiger partial charge in [0.2, 0.25) is 0 Å². The smallest absolute Gasteiger partial charge is 0.0118 e. The fourth-order valence-electron chi connectivity index (χ4n) is 2.73. The van der Waals surface area contributed by atoms with Gasteiger partial charge in [0.05, 0.1) is 0 Å². The summed E-state index contributed by atoms with van der Waals surface area (Å²) in [5.41, 5.74) is 1.96. The first-order chi connectivity index (χ1) is 7.59. The predicted molar refractivity (Wildman–Crippen MR) is 72.2 cm³/mol. The van der Waals surface area contributed by atoms with Crippen LogP contribution in [0.15, 0.2) is 11.4 Å². The number of nitrogens with one attached hydrogen (secondary N) is 1. The molecular formula is C14H23NS. The molecule has 1 unspecified atom stereocenters. The SMILES string of the molecule is Cc1ccsc1CCNC1CCCC1(C)C. The Morgan fingerprint density at radius 3 is 2.88 bits per heavy atom. The summed E-state index contributed by atoms with van der Waals surface area (Å²) in [4.78, 5) is 1.54. The molecule has 2 heteroatoms. The van der Waals surface area contributed by atoms with Crippen LogP contribution in [0.2, 0.25) is 0 Å². The van der Waals surface area contributed by atoms with Gasteiger partial charge in [0.15, 0.2) is 0 Å². The van der Waals surface area contributed by atoms with Crippen LogP contribution < -0.4 is 5.32 Å². The van der Waals surface area contributed by atoms with Crippen molar-refractivity contribution in [3.63, 3.8) is 0 Å². The minimum atomic E-state index is 0.504. The molecule has 0 saturated heterocycles. The van der Waals surface area contributed by atoms with Gasteiger partial charge < -0.3 is 5.32 Å². The van der Waals surface area contributed by atoms with E-state index in [2.05, 4.69) is 37.5 Å². The molecule has 1 aliphatic rings. The topological polar surface area (TPSA) is 12.0 Å². The molecule has 1 aliphatic carbocycles. The maximum Gasteiger partial charge on any atom is 0.0118 e. The Bertz CT molecular complexity index is 340. The summed E-state index contributed by atoms with van der Waals surface area (Å²) in [5, 5.41) is 5.94. The third-order valence-corrected chi connectivity index (χ3v) is 5.05. The molecule has 0 bridgehead atoms. The summed E-state index contributed by atoms with van der Waals surface area (Å²) in [5.74, 6) is 0. The average Bonchev–Trinajstić information content (AvgIpc) is 2.75. The molecule has 90 valence electrons. The highest BCUT2D eigenvalue weighted by Gasteiger charge is 2.33. The largest absolute Gasteiger partial charge is 0.313 e. The van der Waals surface area contributed by atoms with E-state index < -0.39 is 0 Å². The maximum atomic E-state index is 3.74. The number of hydrogen-bond acceptors (Lipinski definition) is 2. The molecule has 1 nitrogen and oxygen atoms in total. The molecule has 1 aromatic heterocycles. The van der Waals surface area contributed by atoms with E-state index in [1.807, 2.05) is 11.3 Å². The van der Waals surface area contributed by atoms with Gasteiger partial charge >= 0.3 is 0 Å². The second kappa shape index (κ2) is 4.89. The summed E-state index contributed by atoms with van der Waals surface area (Å²) in [6, 6.07) is 2.95. The number of rotatable bonds is 4. The molecule has 1 fully saturated rings. The molecule has 16 heavy (non-hydrogen) atoms. The summed E-state index contributed by atoms with van der Waals surface area (Å²) >= 11 is 1.89. The molecule has 1 aromatic rings. The highest BCUT2D eigenvalue weighted by atomic mass is 32.1. The van der Waals surface area contributed by atoms with Gasteiger partial charge in [-0.2, -0.15) is 0 Å². The standard InChI is InChI=1S/C14H23NS/c1-11-7-10-16-12(11)6-9-15-13-5-4-8-14(13,2)3/h7,10,13,15H,4-6,8-9H2,1-3H3. The second-order valence-electron chi connectivity index (χ2n) is 5.66. The molecule has 0 radical (unpaired) electrons. The van der Waals surface area contributed by atoms with Crippen molar-refractivity contribution in [1.29, 1.82) is 0 Å². The average molecular weight is 237 g/mol. The van der Waals surface area contributed by atoms with E-state index in [-0.39, 0.29) is 0 Å². The third kappa shape index (κ3) is 2.67. The minimum absolute atomic E-state index is 0.504. The van der Waals surface area contributed by atoms with Crippen molar-refractivity contribution in [1.82, 2.24) is 5.32 Å². The Morgan fingerprint density at radius 1 is 1.50 bits per heavy atom. The summed E-state index contributed by atoms with van der Waals surface area (Å²) in [6.07, 6.45) is 5.32. The molecule has 1 saturated carbocycles. The van der Waals surface area contributed by atoms with E-state index >= 15 is 0 Å². The van der Waals surface area contributed by atoms with Crippen molar-refractivity contribution in [2.45, 2.75) is 52.5 Å². The molecule has 1 atom stereocenters. The van der Waals surface area contributed by atoms with Gasteiger partial charge in [0.25, 0.3) is 0 Å². The van der Waals surface area contributed by atoms with Crippen molar-refractivity contribution >= 4 is 11.3 Å². The lowest BCUT2D eigenvalue weighted by Crippen LogP contribution is -2.38. The van der Waals surface area contributed by atoms with Gasteiger partial charge in [-0.3, -0.25) is 0 Å². The van der Waals surface area contributed by atoms with Crippen LogP contribution in [0.1, 0.15) is 43.6 Å². The van der Waals surface area contributed by atoms with E-state index in [4.69, 9.17) is 0 Å². The van der Waals surface area contributed by atoms with Gasteiger partial charge in [-0.15, -0.1) is 11.3 Å². The van der Waals surface area contributed by atoms with Gasteiger partial charge in [-0.25, -0.2) is 0 Å². The summed E-state index contributed by atoms with van der Waals surface area (Å²) in [7, 11) is 0. The van der Waals surface area contributed by atoms with Crippen molar-refractivity contribution in [3.8, 4) is 0 Å². The van der Waals surface area contributed by atoms with Crippen LogP contribution in [0.4, 0.5) is 0 Å². The second-order valence-corrected chi connectivity index (χ2v) is 6.66. The van der Waals surface area contributed by atoms with E-state index in [0.717, 1.165) is 12.6 Å². The Balaban J connectivity index is 1.78. The highest BCUT2D eigenvalue weighted by Crippen LogP contribution is 2.37. The lowest BCUT2D eigenvalue weighted by molar-refractivity contribution is 0.285. The van der Waals surface area contributed by atoms with E-state index in [1.54, 1.807) is 4.88 Å². The zero-order valence-electron chi connectivity index (χ0n) is 10.7. The third-order valence-electron chi connectivity index (χ3n) is 3.97. The van der Waals surface area contributed by atoms with Gasteiger partial charge in [-0.05, 0) is 48.6 Å². The van der Waals surface area contributed by atoms with Crippen LogP contribution in [0.25, 0.3) is 0 Å². The predicted octanol–water partition coefficient (Wildman–Crippen LogP) is 3.77. The van der Waals surface area contributed by atoms with E-state index in [9.17, 15) is 0 Å². The first-order valence-corrected chi connectivity index (χ1v) is 7.24. The van der Waals surface area contributed by atoms with Crippen LogP contribution in [0, 0.1) is 12.3 Å². The molecule has 0 aliphatic heterocycles. The fourth-order valence-corrected chi connectivity index (χ4v) is 3.64. The van der Waals surface area contributed by atoms with Crippen molar-refractivity contribution < 1.29 is 0 Å². The number of thiophene rings is 1. The lowest BCUT2D eigenvalue weighted by Gasteiger charge is -2.28. The fraction of sp³-hybridized carbons (Fsp3) is 0.714. The van der Waals surface area contributed by atoms with Crippen molar-refractivity contribution in [3.05, 3.63) is 21.9 Å². The van der Waals surface area contributed by atoms with Crippen LogP contribution in [-0.4, -0.2) is 12.6 Å². The molecule has 1 N–H and O–H groups in total. The zero-order chi connectivity index (χ0) is 11.6. The molecule has 0 spiro atoms. The molecule has 0 aromatic carbocycles. The van der Waals surface area contributed by atoms with E-state index in [0.29, 0.717) is 5.41 Å². The molecular weight excluding hydrogens is 214 g/mol. The Hall–Kier alpha value is -0.340. The van der Waals surface area contributed by atoms with Crippen molar-refractivity contribution in [2.75, 3.05) is 6.54 Å². The first kappa shape index (κ1) is 12.1. The quantitative estimate of drug-likeness (QED) is 0.840. The Labute approximate surface area is 103 Å². The monoisotopic (exact) mass is 237 g/mol. The Kier molecular flexibility index (Phi) is 3.70. The summed E-state index contributed by atoms with van der Waals surface area (Å²) < 4.78 is 0. The highest BCUT2D eigenvalue weighted by molar-refractivity contribution is 7.10. The minimum Gasteiger partial charge on any atom is -0.313 e. The molecule has 1 heterocycles. The van der Waals surface area contributed by atoms with Gasteiger partial charge in [0.1, 0.15) is 0 Å². The Morgan fingerprint density at radius 2 is 2.31 bits per heavy atom. The van der Waals surface area contributed by atoms with Crippen LogP contribution in [-0.2, 0) is 6.42 Å². The van der Waals surface area contributed by atoms with Crippen LogP contribution >= 0.6 is 11.3 Å². The van der Waals surface area contributed by atoms with Gasteiger partial charge in [-0.1, -0.05) is 20.3 Å². The first-order valence-electron chi connectivity index (χ1n) is 6.36. The molecule has 0 amide bonds. The van der Waals surface area contributed by atoms with Gasteiger partial charge in [0, 0.05) is 17.5 Å². The van der Waals surface area contributed by atoms with Crippen molar-refractivity contribution in [2.24, 2.45) is 5.41 Å². The summed E-state index contributed by atoms with van der Waals surface area (Å²) in [6.45, 7) is 8.14. The normalized spacial score (nSPS) is 23.8. The van der Waals surface area contributed by atoms with Crippen LogP contribution in [0.3, 0.4) is 0 Å². The molecule has 2 rings (SSSR count). The van der Waals surface area contributed by atoms with Crippen LogP contribution in [0.5, 0.6) is 0 Å². The lowest BCUT2D eigenvalue weighted by atomic mass is 9.87. The maximum absolute atomic E-state index is 3.74. The number of aryl methyl sites for hydroxylation is 1. The van der Waals surface area contributed by atoms with E-state index in [1.165, 1.54) is 31.2 Å². The zero-order valence-corrected chi connectivity index (χ0v) is 11.5.